The molecule has 12 heteroatoms. The third-order valence-electron chi connectivity index (χ3n) is 9.41. The quantitative estimate of drug-likeness (QED) is 0.0526. The van der Waals surface area contributed by atoms with Crippen LogP contribution < -0.4 is 37.6 Å². The third kappa shape index (κ3) is 22.2. The summed E-state index contributed by atoms with van der Waals surface area (Å²) in [6, 6.07) is -3.24. The Kier molecular flexibility index (Phi) is 27.1. The van der Waals surface area contributed by atoms with Crippen LogP contribution in [0, 0.1) is 0 Å². The number of unbranched alkanes of at least 4 members (excludes halogenated alkanes) is 15. The summed E-state index contributed by atoms with van der Waals surface area (Å²) >= 11 is 0. The van der Waals surface area contributed by atoms with Crippen molar-refractivity contribution in [3.05, 3.63) is 0 Å². The molecule has 0 aliphatic carbocycles. The Labute approximate surface area is 303 Å². The number of carbonyl (C=O) groups excluding carboxylic acids is 5. The molecule has 5 amide bonds. The third-order valence-corrected chi connectivity index (χ3v) is 9.41. The molecule has 1 rings (SSSR count). The molecule has 0 aromatic carbocycles. The zero-order valence-corrected chi connectivity index (χ0v) is 31.8. The van der Waals surface area contributed by atoms with E-state index in [0.29, 0.717) is 45.3 Å². The van der Waals surface area contributed by atoms with E-state index in [-0.39, 0.29) is 24.3 Å². The maximum absolute atomic E-state index is 13.6. The Morgan fingerprint density at radius 1 is 0.640 bits per heavy atom. The van der Waals surface area contributed by atoms with Crippen molar-refractivity contribution in [3.63, 3.8) is 0 Å². The molecule has 0 spiro atoms. The van der Waals surface area contributed by atoms with Gasteiger partial charge in [-0.2, -0.15) is 0 Å². The van der Waals surface area contributed by atoms with E-state index >= 15 is 0 Å². The summed E-state index contributed by atoms with van der Waals surface area (Å²) in [4.78, 5) is 65.6. The van der Waals surface area contributed by atoms with Crippen molar-refractivity contribution in [1.29, 1.82) is 0 Å². The minimum Gasteiger partial charge on any atom is -0.356 e. The first-order chi connectivity index (χ1) is 24.2. The maximum atomic E-state index is 13.6. The smallest absolute Gasteiger partial charge is 0.243 e. The summed E-state index contributed by atoms with van der Waals surface area (Å²) in [6.07, 6.45) is 21.3. The summed E-state index contributed by atoms with van der Waals surface area (Å²) in [5, 5.41) is 17.2. The van der Waals surface area contributed by atoms with Crippen molar-refractivity contribution in [3.8, 4) is 0 Å². The summed E-state index contributed by atoms with van der Waals surface area (Å²) in [5.74, 6) is -2.01. The average molecular weight is 708 g/mol. The molecule has 1 aliphatic rings. The minimum atomic E-state index is -1.09. The highest BCUT2D eigenvalue weighted by molar-refractivity contribution is 5.96. The van der Waals surface area contributed by atoms with Gasteiger partial charge in [0.25, 0.3) is 0 Å². The van der Waals surface area contributed by atoms with Gasteiger partial charge in [-0.05, 0) is 65.0 Å². The van der Waals surface area contributed by atoms with Crippen LogP contribution in [0.1, 0.15) is 162 Å². The van der Waals surface area contributed by atoms with Gasteiger partial charge in [0, 0.05) is 13.1 Å². The molecule has 1 heterocycles. The van der Waals surface area contributed by atoms with E-state index in [2.05, 4.69) is 45.7 Å². The van der Waals surface area contributed by atoms with E-state index in [9.17, 15) is 24.0 Å². The Balaban J connectivity index is 2.78. The molecule has 1 saturated heterocycles. The lowest BCUT2D eigenvalue weighted by Gasteiger charge is -2.25. The SMILES string of the molecule is CCCCCCCCCCNC(=O)C[C@H](NC(=O)[C@H](CCCCN)NC(=O)[C@H](C)NC(=O)[C@@H]1CCCN1)C(=O)NCCCCCCCCCC. The molecule has 0 saturated carbocycles. The second-order valence-electron chi connectivity index (χ2n) is 14.1. The molecular formula is C38H73N7O5. The number of carbonyl (C=O) groups is 5. The molecule has 8 N–H and O–H groups in total. The van der Waals surface area contributed by atoms with Crippen LogP contribution in [0.3, 0.4) is 0 Å². The molecule has 0 aromatic rings. The van der Waals surface area contributed by atoms with Crippen molar-refractivity contribution in [2.45, 2.75) is 186 Å². The van der Waals surface area contributed by atoms with Gasteiger partial charge in [0.1, 0.15) is 18.1 Å². The molecule has 50 heavy (non-hydrogen) atoms. The summed E-state index contributed by atoms with van der Waals surface area (Å²) in [5.41, 5.74) is 5.69. The number of amides is 5. The van der Waals surface area contributed by atoms with Gasteiger partial charge < -0.3 is 37.6 Å². The van der Waals surface area contributed by atoms with Crippen molar-refractivity contribution in [2.24, 2.45) is 5.73 Å². The van der Waals surface area contributed by atoms with Crippen molar-refractivity contribution in [1.82, 2.24) is 31.9 Å². The molecule has 1 fully saturated rings. The highest BCUT2D eigenvalue weighted by Crippen LogP contribution is 2.10. The predicted molar refractivity (Wildman–Crippen MR) is 201 cm³/mol. The van der Waals surface area contributed by atoms with E-state index in [0.717, 1.165) is 51.5 Å². The molecule has 12 nitrogen and oxygen atoms in total. The molecule has 290 valence electrons. The number of rotatable bonds is 31. The summed E-state index contributed by atoms with van der Waals surface area (Å²) in [6.45, 7) is 8.17. The van der Waals surface area contributed by atoms with E-state index in [1.165, 1.54) is 64.2 Å². The van der Waals surface area contributed by atoms with Crippen LogP contribution in [0.2, 0.25) is 0 Å². The monoisotopic (exact) mass is 708 g/mol. The maximum Gasteiger partial charge on any atom is 0.243 e. The highest BCUT2D eigenvalue weighted by atomic mass is 16.2. The number of nitrogens with two attached hydrogens (primary N) is 1. The fraction of sp³-hybridized carbons (Fsp3) is 0.868. The van der Waals surface area contributed by atoms with Gasteiger partial charge in [-0.25, -0.2) is 0 Å². The Morgan fingerprint density at radius 3 is 1.72 bits per heavy atom. The van der Waals surface area contributed by atoms with Crippen LogP contribution in [0.4, 0.5) is 0 Å². The normalized spacial score (nSPS) is 15.9. The summed E-state index contributed by atoms with van der Waals surface area (Å²) in [7, 11) is 0. The standard InChI is InChI=1S/C38H73N7O5/c1-4-6-8-10-12-14-16-20-26-41-34(46)29-33(36(48)42-27-21-17-15-13-11-9-7-5-2)45-38(50)32(23-18-19-25-39)44-35(47)30(3)43-37(49)31-24-22-28-40-31/h30-33,40H,4-29,39H2,1-3H3,(H,41,46)(H,42,48)(H,43,49)(H,44,47)(H,45,50)/t30-,31-,32-,33-/m0/s1. The molecule has 1 aliphatic heterocycles. The van der Waals surface area contributed by atoms with Crippen molar-refractivity contribution < 1.29 is 24.0 Å². The number of hydrogen-bond donors (Lipinski definition) is 7. The fourth-order valence-electron chi connectivity index (χ4n) is 6.17. The summed E-state index contributed by atoms with van der Waals surface area (Å²) < 4.78 is 0. The Morgan fingerprint density at radius 2 is 1.18 bits per heavy atom. The lowest BCUT2D eigenvalue weighted by Crippen LogP contribution is -2.57. The first-order valence-electron chi connectivity index (χ1n) is 20.1. The van der Waals surface area contributed by atoms with E-state index in [1.807, 2.05) is 0 Å². The molecule has 0 radical (unpaired) electrons. The lowest BCUT2D eigenvalue weighted by molar-refractivity contribution is -0.135. The van der Waals surface area contributed by atoms with E-state index in [1.54, 1.807) is 6.92 Å². The van der Waals surface area contributed by atoms with Gasteiger partial charge in [0.05, 0.1) is 12.5 Å². The Bertz CT molecular complexity index is 945. The van der Waals surface area contributed by atoms with Crippen LogP contribution in [0.15, 0.2) is 0 Å². The van der Waals surface area contributed by atoms with Gasteiger partial charge in [-0.3, -0.25) is 24.0 Å². The molecule has 0 unspecified atom stereocenters. The molecule has 0 bridgehead atoms. The number of nitrogens with one attached hydrogen (secondary N) is 6. The lowest BCUT2D eigenvalue weighted by atomic mass is 10.1. The molecule has 4 atom stereocenters. The predicted octanol–water partition coefficient (Wildman–Crippen LogP) is 4.25. The topological polar surface area (TPSA) is 184 Å². The fourth-order valence-corrected chi connectivity index (χ4v) is 6.17. The van der Waals surface area contributed by atoms with Crippen LogP contribution in [0.5, 0.6) is 0 Å². The first kappa shape index (κ1) is 45.3. The highest BCUT2D eigenvalue weighted by Gasteiger charge is 2.30. The zero-order valence-electron chi connectivity index (χ0n) is 31.8. The van der Waals surface area contributed by atoms with Crippen molar-refractivity contribution >= 4 is 29.5 Å². The zero-order chi connectivity index (χ0) is 36.8. The van der Waals surface area contributed by atoms with E-state index in [4.69, 9.17) is 5.73 Å². The van der Waals surface area contributed by atoms with Gasteiger partial charge in [-0.1, -0.05) is 104 Å². The van der Waals surface area contributed by atoms with Gasteiger partial charge in [0.15, 0.2) is 0 Å². The van der Waals surface area contributed by atoms with E-state index < -0.39 is 35.8 Å². The van der Waals surface area contributed by atoms with Crippen molar-refractivity contribution in [2.75, 3.05) is 26.2 Å². The van der Waals surface area contributed by atoms with Crippen LogP contribution >= 0.6 is 0 Å². The first-order valence-corrected chi connectivity index (χ1v) is 20.1. The average Bonchev–Trinajstić information content (AvgIpc) is 3.65. The molecular weight excluding hydrogens is 634 g/mol. The second-order valence-corrected chi connectivity index (χ2v) is 14.1. The minimum absolute atomic E-state index is 0.198. The van der Waals surface area contributed by atoms with Crippen LogP contribution in [-0.2, 0) is 24.0 Å². The van der Waals surface area contributed by atoms with Gasteiger partial charge in [0.2, 0.25) is 29.5 Å². The van der Waals surface area contributed by atoms with Gasteiger partial charge >= 0.3 is 0 Å². The second kappa shape index (κ2) is 29.9. The largest absolute Gasteiger partial charge is 0.356 e. The van der Waals surface area contributed by atoms with Crippen LogP contribution in [-0.4, -0.2) is 79.9 Å². The molecule has 0 aromatic heterocycles. The Hall–Kier alpha value is -2.73. The van der Waals surface area contributed by atoms with Crippen LogP contribution in [0.25, 0.3) is 0 Å². The number of hydrogen-bond acceptors (Lipinski definition) is 7. The van der Waals surface area contributed by atoms with Gasteiger partial charge in [-0.15, -0.1) is 0 Å².